The fourth-order valence-electron chi connectivity index (χ4n) is 1.57. The van der Waals surface area contributed by atoms with Crippen LogP contribution in [-0.2, 0) is 5.60 Å². The molecule has 2 atom stereocenters. The summed E-state index contributed by atoms with van der Waals surface area (Å²) in [6, 6.07) is 6.20. The molecule has 1 aliphatic rings. The molecule has 1 aliphatic carbocycles. The normalized spacial score (nSPS) is 33.4. The van der Waals surface area contributed by atoms with Crippen molar-refractivity contribution >= 4 is 0 Å². The zero-order valence-corrected chi connectivity index (χ0v) is 6.92. The van der Waals surface area contributed by atoms with Crippen LogP contribution in [0.25, 0.3) is 0 Å². The Bertz CT molecular complexity index is 310. The standard InChI is InChI=1S/C10H11FO/c1-7-6-10(7,12)8-3-2-4-9(11)5-8/h2-5,7,12H,6H2,1H3. The van der Waals surface area contributed by atoms with Crippen molar-refractivity contribution in [2.75, 3.05) is 0 Å². The minimum Gasteiger partial charge on any atom is -0.385 e. The monoisotopic (exact) mass is 166 g/mol. The van der Waals surface area contributed by atoms with Crippen LogP contribution in [0.4, 0.5) is 4.39 Å². The predicted octanol–water partition coefficient (Wildman–Crippen LogP) is 2.05. The quantitative estimate of drug-likeness (QED) is 0.677. The van der Waals surface area contributed by atoms with Crippen LogP contribution in [0.2, 0.25) is 0 Å². The van der Waals surface area contributed by atoms with Crippen LogP contribution in [0.15, 0.2) is 24.3 Å². The third kappa shape index (κ3) is 1.03. The van der Waals surface area contributed by atoms with Crippen LogP contribution in [0.5, 0.6) is 0 Å². The van der Waals surface area contributed by atoms with Gasteiger partial charge in [-0.2, -0.15) is 0 Å². The van der Waals surface area contributed by atoms with Crippen molar-refractivity contribution in [3.05, 3.63) is 35.6 Å². The van der Waals surface area contributed by atoms with Gasteiger partial charge in [-0.1, -0.05) is 19.1 Å². The van der Waals surface area contributed by atoms with Crippen LogP contribution in [0, 0.1) is 11.7 Å². The molecule has 0 saturated heterocycles. The Labute approximate surface area is 70.8 Å². The average Bonchev–Trinajstić information content (AvgIpc) is 2.61. The lowest BCUT2D eigenvalue weighted by molar-refractivity contribution is 0.134. The van der Waals surface area contributed by atoms with Gasteiger partial charge in [-0.15, -0.1) is 0 Å². The summed E-state index contributed by atoms with van der Waals surface area (Å²) < 4.78 is 12.7. The molecule has 0 bridgehead atoms. The van der Waals surface area contributed by atoms with E-state index in [4.69, 9.17) is 0 Å². The minimum absolute atomic E-state index is 0.263. The van der Waals surface area contributed by atoms with Gasteiger partial charge in [0.1, 0.15) is 5.82 Å². The van der Waals surface area contributed by atoms with Gasteiger partial charge in [0, 0.05) is 0 Å². The first kappa shape index (κ1) is 7.74. The average molecular weight is 166 g/mol. The van der Waals surface area contributed by atoms with E-state index in [-0.39, 0.29) is 11.7 Å². The van der Waals surface area contributed by atoms with Gasteiger partial charge in [0.15, 0.2) is 0 Å². The molecule has 2 heteroatoms. The third-order valence-electron chi connectivity index (χ3n) is 2.60. The molecule has 1 aromatic carbocycles. The SMILES string of the molecule is CC1CC1(O)c1cccc(F)c1. The topological polar surface area (TPSA) is 20.2 Å². The molecule has 1 N–H and O–H groups in total. The fourth-order valence-corrected chi connectivity index (χ4v) is 1.57. The number of hydrogen-bond donors (Lipinski definition) is 1. The number of benzene rings is 1. The zero-order chi connectivity index (χ0) is 8.77. The highest BCUT2D eigenvalue weighted by molar-refractivity contribution is 5.29. The molecule has 0 radical (unpaired) electrons. The summed E-state index contributed by atoms with van der Waals surface area (Å²) in [6.45, 7) is 1.96. The number of aliphatic hydroxyl groups is 1. The van der Waals surface area contributed by atoms with Gasteiger partial charge in [0.05, 0.1) is 5.60 Å². The largest absolute Gasteiger partial charge is 0.385 e. The minimum atomic E-state index is -0.748. The van der Waals surface area contributed by atoms with Crippen molar-refractivity contribution < 1.29 is 9.50 Å². The lowest BCUT2D eigenvalue weighted by atomic mass is 10.1. The van der Waals surface area contributed by atoms with Gasteiger partial charge in [-0.25, -0.2) is 4.39 Å². The maximum Gasteiger partial charge on any atom is 0.123 e. The molecule has 64 valence electrons. The van der Waals surface area contributed by atoms with Crippen LogP contribution in [0.3, 0.4) is 0 Å². The van der Waals surface area contributed by atoms with E-state index in [0.717, 1.165) is 6.42 Å². The first-order valence-corrected chi connectivity index (χ1v) is 4.11. The third-order valence-corrected chi connectivity index (χ3v) is 2.60. The molecule has 2 unspecified atom stereocenters. The van der Waals surface area contributed by atoms with E-state index < -0.39 is 5.60 Å². The Hall–Kier alpha value is -0.890. The highest BCUT2D eigenvalue weighted by Crippen LogP contribution is 2.51. The Kier molecular flexibility index (Phi) is 1.48. The van der Waals surface area contributed by atoms with Gasteiger partial charge in [-0.3, -0.25) is 0 Å². The highest BCUT2D eigenvalue weighted by atomic mass is 19.1. The number of rotatable bonds is 1. The van der Waals surface area contributed by atoms with Crippen molar-refractivity contribution in [1.29, 1.82) is 0 Å². The van der Waals surface area contributed by atoms with Crippen molar-refractivity contribution in [3.8, 4) is 0 Å². The smallest absolute Gasteiger partial charge is 0.123 e. The lowest BCUT2D eigenvalue weighted by Crippen LogP contribution is -2.07. The Morgan fingerprint density at radius 2 is 2.25 bits per heavy atom. The molecule has 1 aromatic rings. The van der Waals surface area contributed by atoms with Crippen LogP contribution >= 0.6 is 0 Å². The molecule has 1 saturated carbocycles. The summed E-state index contributed by atoms with van der Waals surface area (Å²) in [5, 5.41) is 9.83. The van der Waals surface area contributed by atoms with Gasteiger partial charge in [-0.05, 0) is 30.0 Å². The lowest BCUT2D eigenvalue weighted by Gasteiger charge is -2.08. The second-order valence-corrected chi connectivity index (χ2v) is 3.54. The van der Waals surface area contributed by atoms with Crippen molar-refractivity contribution in [2.24, 2.45) is 5.92 Å². The van der Waals surface area contributed by atoms with Gasteiger partial charge < -0.3 is 5.11 Å². The van der Waals surface area contributed by atoms with E-state index in [1.807, 2.05) is 6.92 Å². The molecule has 0 amide bonds. The van der Waals surface area contributed by atoms with E-state index in [0.29, 0.717) is 5.56 Å². The molecule has 0 aliphatic heterocycles. The molecule has 2 rings (SSSR count). The molecule has 0 heterocycles. The first-order valence-electron chi connectivity index (χ1n) is 4.11. The Morgan fingerprint density at radius 1 is 1.58 bits per heavy atom. The summed E-state index contributed by atoms with van der Waals surface area (Å²) in [4.78, 5) is 0. The summed E-state index contributed by atoms with van der Waals surface area (Å²) in [6.07, 6.45) is 0.746. The highest BCUT2D eigenvalue weighted by Gasteiger charge is 2.50. The Balaban J connectivity index is 2.36. The molecular weight excluding hydrogens is 155 g/mol. The number of halogens is 1. The molecular formula is C10H11FO. The summed E-state index contributed by atoms with van der Waals surface area (Å²) in [5.74, 6) is -0.0145. The molecule has 0 aromatic heterocycles. The zero-order valence-electron chi connectivity index (χ0n) is 6.92. The van der Waals surface area contributed by atoms with Gasteiger partial charge in [0.2, 0.25) is 0 Å². The van der Waals surface area contributed by atoms with Crippen LogP contribution < -0.4 is 0 Å². The summed E-state index contributed by atoms with van der Waals surface area (Å²) >= 11 is 0. The maximum atomic E-state index is 12.7. The second-order valence-electron chi connectivity index (χ2n) is 3.54. The molecule has 0 spiro atoms. The molecule has 12 heavy (non-hydrogen) atoms. The van der Waals surface area contributed by atoms with Crippen molar-refractivity contribution in [3.63, 3.8) is 0 Å². The second kappa shape index (κ2) is 2.30. The maximum absolute atomic E-state index is 12.7. The Morgan fingerprint density at radius 3 is 2.75 bits per heavy atom. The van der Waals surface area contributed by atoms with E-state index in [9.17, 15) is 9.50 Å². The molecule has 1 nitrogen and oxygen atoms in total. The predicted molar refractivity (Wildman–Crippen MR) is 44.1 cm³/mol. The van der Waals surface area contributed by atoms with E-state index in [2.05, 4.69) is 0 Å². The van der Waals surface area contributed by atoms with Crippen LogP contribution in [-0.4, -0.2) is 5.11 Å². The van der Waals surface area contributed by atoms with Crippen LogP contribution in [0.1, 0.15) is 18.9 Å². The number of hydrogen-bond acceptors (Lipinski definition) is 1. The van der Waals surface area contributed by atoms with Gasteiger partial charge >= 0.3 is 0 Å². The van der Waals surface area contributed by atoms with E-state index in [1.54, 1.807) is 12.1 Å². The van der Waals surface area contributed by atoms with Crippen molar-refractivity contribution in [1.82, 2.24) is 0 Å². The first-order chi connectivity index (χ1) is 5.63. The summed E-state index contributed by atoms with van der Waals surface area (Å²) in [5.41, 5.74) is -0.0442. The molecule has 1 fully saturated rings. The van der Waals surface area contributed by atoms with E-state index >= 15 is 0 Å². The van der Waals surface area contributed by atoms with Crippen molar-refractivity contribution in [2.45, 2.75) is 18.9 Å². The summed E-state index contributed by atoms with van der Waals surface area (Å²) in [7, 11) is 0. The van der Waals surface area contributed by atoms with Gasteiger partial charge in [0.25, 0.3) is 0 Å². The van der Waals surface area contributed by atoms with E-state index in [1.165, 1.54) is 12.1 Å². The fraction of sp³-hybridized carbons (Fsp3) is 0.400.